The lowest BCUT2D eigenvalue weighted by atomic mass is 10.2. The summed E-state index contributed by atoms with van der Waals surface area (Å²) in [6.07, 6.45) is -2.54. The highest BCUT2D eigenvalue weighted by atomic mass is 32.2. The summed E-state index contributed by atoms with van der Waals surface area (Å²) in [5, 5.41) is 6.72. The van der Waals surface area contributed by atoms with Crippen molar-refractivity contribution in [1.82, 2.24) is 19.3 Å². The van der Waals surface area contributed by atoms with Crippen LogP contribution in [0.25, 0.3) is 0 Å². The summed E-state index contributed by atoms with van der Waals surface area (Å²) in [5.41, 5.74) is 0.644. The molecule has 0 unspecified atom stereocenters. The summed E-state index contributed by atoms with van der Waals surface area (Å²) in [4.78, 5) is 24.1. The number of ketones is 1. The molecule has 6 nitrogen and oxygen atoms in total. The highest BCUT2D eigenvalue weighted by Gasteiger charge is 2.31. The van der Waals surface area contributed by atoms with E-state index in [-0.39, 0.29) is 28.8 Å². The number of nitrogens with one attached hydrogen (secondary N) is 1. The molecule has 0 radical (unpaired) electrons. The van der Waals surface area contributed by atoms with Crippen molar-refractivity contribution < 1.29 is 18.0 Å². The zero-order chi connectivity index (χ0) is 18.4. The Bertz CT molecular complexity index is 861. The molecule has 10 heteroatoms. The molecule has 2 aromatic rings. The first-order valence-corrected chi connectivity index (χ1v) is 8.72. The fraction of sp³-hybridized carbons (Fsp3) is 0.533. The van der Waals surface area contributed by atoms with E-state index in [1.54, 1.807) is 6.92 Å². The average molecular weight is 374 g/mol. The quantitative estimate of drug-likeness (QED) is 0.623. The smallest absolute Gasteiger partial charge is 0.339 e. The monoisotopic (exact) mass is 374 g/mol. The van der Waals surface area contributed by atoms with Crippen LogP contribution in [-0.4, -0.2) is 37.0 Å². The SMILES string of the molecule is Cc1cc(C(=O)CSc2n[nH]c(=O)n2C2CC2)c(C)n1CC(F)(F)F. The first-order chi connectivity index (χ1) is 11.7. The van der Waals surface area contributed by atoms with Crippen LogP contribution in [0, 0.1) is 13.8 Å². The first kappa shape index (κ1) is 17.8. The van der Waals surface area contributed by atoms with Gasteiger partial charge in [0.15, 0.2) is 10.9 Å². The predicted octanol–water partition coefficient (Wildman–Crippen LogP) is 2.86. The number of halogens is 3. The molecule has 136 valence electrons. The number of hydrogen-bond donors (Lipinski definition) is 1. The maximum Gasteiger partial charge on any atom is 0.406 e. The van der Waals surface area contributed by atoms with Gasteiger partial charge in [-0.25, -0.2) is 9.89 Å². The van der Waals surface area contributed by atoms with Crippen LogP contribution in [0.15, 0.2) is 16.0 Å². The Morgan fingerprint density at radius 3 is 2.68 bits per heavy atom. The summed E-state index contributed by atoms with van der Waals surface area (Å²) >= 11 is 1.12. The van der Waals surface area contributed by atoms with Crippen LogP contribution in [0.1, 0.15) is 40.6 Å². The Labute approximate surface area is 145 Å². The molecule has 1 aliphatic rings. The third-order valence-electron chi connectivity index (χ3n) is 4.13. The molecule has 25 heavy (non-hydrogen) atoms. The van der Waals surface area contributed by atoms with Crippen molar-refractivity contribution in [1.29, 1.82) is 0 Å². The van der Waals surface area contributed by atoms with Crippen LogP contribution in [-0.2, 0) is 6.54 Å². The normalized spacial score (nSPS) is 14.9. The number of aromatic nitrogens is 4. The van der Waals surface area contributed by atoms with E-state index in [1.165, 1.54) is 17.6 Å². The van der Waals surface area contributed by atoms with Crippen LogP contribution < -0.4 is 5.69 Å². The molecule has 0 spiro atoms. The van der Waals surface area contributed by atoms with Crippen molar-refractivity contribution in [2.75, 3.05) is 5.75 Å². The maximum atomic E-state index is 12.7. The average Bonchev–Trinajstić information content (AvgIpc) is 3.23. The van der Waals surface area contributed by atoms with E-state index >= 15 is 0 Å². The lowest BCUT2D eigenvalue weighted by molar-refractivity contribution is -0.141. The van der Waals surface area contributed by atoms with Crippen LogP contribution >= 0.6 is 11.8 Å². The molecule has 0 atom stereocenters. The van der Waals surface area contributed by atoms with E-state index < -0.39 is 12.7 Å². The molecule has 0 aromatic carbocycles. The second-order valence-corrected chi connectivity index (χ2v) is 7.05. The van der Waals surface area contributed by atoms with Crippen LogP contribution in [0.2, 0.25) is 0 Å². The van der Waals surface area contributed by atoms with Crippen molar-refractivity contribution in [2.45, 2.75) is 50.6 Å². The Balaban J connectivity index is 1.74. The molecule has 2 aromatic heterocycles. The summed E-state index contributed by atoms with van der Waals surface area (Å²) in [6.45, 7) is 1.93. The molecule has 0 amide bonds. The molecule has 1 N–H and O–H groups in total. The number of thioether (sulfide) groups is 1. The third kappa shape index (κ3) is 3.83. The van der Waals surface area contributed by atoms with Crippen molar-refractivity contribution >= 4 is 17.5 Å². The van der Waals surface area contributed by atoms with Gasteiger partial charge in [-0.2, -0.15) is 13.2 Å². The summed E-state index contributed by atoms with van der Waals surface area (Å²) in [7, 11) is 0. The van der Waals surface area contributed by atoms with Gasteiger partial charge in [-0.1, -0.05) is 11.8 Å². The van der Waals surface area contributed by atoms with Crippen molar-refractivity contribution in [3.63, 3.8) is 0 Å². The largest absolute Gasteiger partial charge is 0.406 e. The number of nitrogens with zero attached hydrogens (tertiary/aromatic N) is 3. The minimum absolute atomic E-state index is 0.00727. The van der Waals surface area contributed by atoms with Gasteiger partial charge < -0.3 is 4.57 Å². The highest BCUT2D eigenvalue weighted by molar-refractivity contribution is 7.99. The van der Waals surface area contributed by atoms with E-state index in [9.17, 15) is 22.8 Å². The van der Waals surface area contributed by atoms with Gasteiger partial charge in [-0.3, -0.25) is 9.36 Å². The van der Waals surface area contributed by atoms with Crippen LogP contribution in [0.4, 0.5) is 13.2 Å². The Hall–Kier alpha value is -1.97. The molecule has 0 aliphatic heterocycles. The summed E-state index contributed by atoms with van der Waals surface area (Å²) < 4.78 is 40.6. The van der Waals surface area contributed by atoms with E-state index in [0.29, 0.717) is 16.5 Å². The molecule has 3 rings (SSSR count). The standard InChI is InChI=1S/C15H17F3N4O2S/c1-8-5-11(9(2)21(8)7-15(16,17)18)12(23)6-25-14-20-19-13(24)22(14)10-3-4-10/h5,10H,3-4,6-7H2,1-2H3,(H,19,24). The number of H-pyrrole nitrogens is 1. The zero-order valence-electron chi connectivity index (χ0n) is 13.7. The number of hydrogen-bond acceptors (Lipinski definition) is 4. The summed E-state index contributed by atoms with van der Waals surface area (Å²) in [6, 6.07) is 1.60. The van der Waals surface area contributed by atoms with Gasteiger partial charge >= 0.3 is 11.9 Å². The lowest BCUT2D eigenvalue weighted by Gasteiger charge is -2.12. The number of aromatic amines is 1. The number of Topliss-reactive ketones (excluding diaryl/α,β-unsaturated/α-hetero) is 1. The van der Waals surface area contributed by atoms with Gasteiger partial charge in [0, 0.05) is 23.0 Å². The van der Waals surface area contributed by atoms with E-state index in [1.807, 2.05) is 0 Å². The molecule has 1 saturated carbocycles. The number of aryl methyl sites for hydroxylation is 1. The number of carbonyl (C=O) groups excluding carboxylic acids is 1. The van der Waals surface area contributed by atoms with E-state index in [0.717, 1.165) is 29.2 Å². The molecule has 1 fully saturated rings. The fourth-order valence-corrected chi connectivity index (χ4v) is 3.66. The van der Waals surface area contributed by atoms with Crippen molar-refractivity contribution in [3.8, 4) is 0 Å². The second-order valence-electron chi connectivity index (χ2n) is 6.11. The number of carbonyl (C=O) groups is 1. The van der Waals surface area contributed by atoms with Gasteiger partial charge in [0.2, 0.25) is 0 Å². The molecular formula is C15H17F3N4O2S. The van der Waals surface area contributed by atoms with Gasteiger partial charge in [0.25, 0.3) is 0 Å². The van der Waals surface area contributed by atoms with Crippen LogP contribution in [0.5, 0.6) is 0 Å². The lowest BCUT2D eigenvalue weighted by Crippen LogP contribution is -2.20. The van der Waals surface area contributed by atoms with Crippen molar-refractivity contribution in [2.24, 2.45) is 0 Å². The van der Waals surface area contributed by atoms with Gasteiger partial charge in [-0.15, -0.1) is 5.10 Å². The third-order valence-corrected chi connectivity index (χ3v) is 5.08. The van der Waals surface area contributed by atoms with E-state index in [4.69, 9.17) is 0 Å². The topological polar surface area (TPSA) is 72.7 Å². The van der Waals surface area contributed by atoms with Crippen LogP contribution in [0.3, 0.4) is 0 Å². The van der Waals surface area contributed by atoms with E-state index in [2.05, 4.69) is 10.2 Å². The first-order valence-electron chi connectivity index (χ1n) is 7.74. The molecule has 2 heterocycles. The Morgan fingerprint density at radius 1 is 1.40 bits per heavy atom. The van der Waals surface area contributed by atoms with Gasteiger partial charge in [0.05, 0.1) is 5.75 Å². The van der Waals surface area contributed by atoms with Crippen molar-refractivity contribution in [3.05, 3.63) is 33.5 Å². The minimum atomic E-state index is -4.35. The Kier molecular flexibility index (Phi) is 4.56. The zero-order valence-corrected chi connectivity index (χ0v) is 14.5. The minimum Gasteiger partial charge on any atom is -0.339 e. The molecular weight excluding hydrogens is 357 g/mol. The summed E-state index contributed by atoms with van der Waals surface area (Å²) in [5.74, 6) is -0.280. The number of rotatable bonds is 6. The molecule has 1 aliphatic carbocycles. The second kappa shape index (κ2) is 6.40. The fourth-order valence-electron chi connectivity index (χ4n) is 2.76. The predicted molar refractivity (Wildman–Crippen MR) is 86.1 cm³/mol. The van der Waals surface area contributed by atoms with Gasteiger partial charge in [0.1, 0.15) is 6.54 Å². The maximum absolute atomic E-state index is 12.7. The Morgan fingerprint density at radius 2 is 2.08 bits per heavy atom. The molecule has 0 saturated heterocycles. The number of alkyl halides is 3. The van der Waals surface area contributed by atoms with Gasteiger partial charge in [-0.05, 0) is 32.8 Å². The molecule has 0 bridgehead atoms. The highest BCUT2D eigenvalue weighted by Crippen LogP contribution is 2.36.